The summed E-state index contributed by atoms with van der Waals surface area (Å²) in [5.74, 6) is -5.09. The summed E-state index contributed by atoms with van der Waals surface area (Å²) in [5, 5.41) is 17.4. The number of hydrogen-bond donors (Lipinski definition) is 2. The minimum absolute atomic E-state index is 0.0834. The highest BCUT2D eigenvalue weighted by Gasteiger charge is 2.24. The molecule has 0 bridgehead atoms. The predicted octanol–water partition coefficient (Wildman–Crippen LogP) is 1.56. The van der Waals surface area contributed by atoms with Gasteiger partial charge in [-0.05, 0) is 28.1 Å². The lowest BCUT2D eigenvalue weighted by atomic mass is 10.1. The highest BCUT2D eigenvalue weighted by atomic mass is 79.9. The Labute approximate surface area is 86.1 Å². The van der Waals surface area contributed by atoms with Crippen molar-refractivity contribution >= 4 is 27.7 Å². The van der Waals surface area contributed by atoms with Crippen molar-refractivity contribution in [3.8, 4) is 5.75 Å². The molecule has 0 saturated heterocycles. The van der Waals surface area contributed by atoms with E-state index >= 15 is 0 Å². The molecule has 0 unspecified atom stereocenters. The van der Waals surface area contributed by atoms with Gasteiger partial charge in [-0.25, -0.2) is 9.18 Å². The van der Waals surface area contributed by atoms with Crippen LogP contribution in [0.3, 0.4) is 0 Å². The molecule has 1 aromatic carbocycles. The Morgan fingerprint density at radius 2 is 1.93 bits per heavy atom. The van der Waals surface area contributed by atoms with Gasteiger partial charge in [-0.15, -0.1) is 0 Å². The lowest BCUT2D eigenvalue weighted by Gasteiger charge is -2.03. The van der Waals surface area contributed by atoms with Crippen LogP contribution in [0.4, 0.5) is 4.39 Å². The Kier molecular flexibility index (Phi) is 2.85. The van der Waals surface area contributed by atoms with Crippen LogP contribution in [0.25, 0.3) is 0 Å². The van der Waals surface area contributed by atoms with E-state index in [4.69, 9.17) is 10.2 Å². The summed E-state index contributed by atoms with van der Waals surface area (Å²) < 4.78 is 13.1. The van der Waals surface area contributed by atoms with Crippen molar-refractivity contribution in [2.45, 2.75) is 0 Å². The number of carbonyl (C=O) groups excluding carboxylic acids is 1. The summed E-state index contributed by atoms with van der Waals surface area (Å²) >= 11 is 2.77. The van der Waals surface area contributed by atoms with Crippen molar-refractivity contribution in [3.63, 3.8) is 0 Å². The van der Waals surface area contributed by atoms with Gasteiger partial charge in [0.25, 0.3) is 5.78 Å². The summed E-state index contributed by atoms with van der Waals surface area (Å²) in [5.41, 5.74) is -0.841. The van der Waals surface area contributed by atoms with Gasteiger partial charge in [-0.2, -0.15) is 0 Å². The number of phenolic OH excluding ortho intramolecular Hbond substituents is 1. The standard InChI is InChI=1S/C8H4BrFO4/c9-3-1-2-4(11)5(6(3)10)7(12)8(13)14/h1-2,11H,(H,13,14). The maximum absolute atomic E-state index is 13.2. The van der Waals surface area contributed by atoms with Gasteiger partial charge in [0.05, 0.1) is 4.47 Å². The van der Waals surface area contributed by atoms with E-state index in [-0.39, 0.29) is 4.47 Å². The Hall–Kier alpha value is -1.43. The molecular weight excluding hydrogens is 259 g/mol. The maximum atomic E-state index is 13.2. The molecule has 0 radical (unpaired) electrons. The molecular formula is C8H4BrFO4. The zero-order valence-electron chi connectivity index (χ0n) is 6.62. The maximum Gasteiger partial charge on any atom is 0.377 e. The minimum Gasteiger partial charge on any atom is -0.507 e. The van der Waals surface area contributed by atoms with Crippen LogP contribution in [-0.2, 0) is 4.79 Å². The molecule has 0 atom stereocenters. The van der Waals surface area contributed by atoms with Gasteiger partial charge in [-0.1, -0.05) is 0 Å². The van der Waals surface area contributed by atoms with Gasteiger partial charge in [0.15, 0.2) is 5.82 Å². The van der Waals surface area contributed by atoms with E-state index in [1.165, 1.54) is 6.07 Å². The molecule has 1 aromatic rings. The number of hydrogen-bond acceptors (Lipinski definition) is 3. The topological polar surface area (TPSA) is 74.6 Å². The van der Waals surface area contributed by atoms with E-state index in [1.807, 2.05) is 0 Å². The Bertz CT molecular complexity index is 416. The Balaban J connectivity index is 3.40. The quantitative estimate of drug-likeness (QED) is 0.627. The highest BCUT2D eigenvalue weighted by molar-refractivity contribution is 9.10. The molecule has 0 aromatic heterocycles. The Morgan fingerprint density at radius 3 is 2.43 bits per heavy atom. The van der Waals surface area contributed by atoms with Crippen molar-refractivity contribution in [1.82, 2.24) is 0 Å². The monoisotopic (exact) mass is 262 g/mol. The number of benzene rings is 1. The first-order valence-electron chi connectivity index (χ1n) is 3.39. The first-order chi connectivity index (χ1) is 6.45. The molecule has 4 nitrogen and oxygen atoms in total. The van der Waals surface area contributed by atoms with Crippen molar-refractivity contribution < 1.29 is 24.2 Å². The third-order valence-corrected chi connectivity index (χ3v) is 2.11. The predicted molar refractivity (Wildman–Crippen MR) is 47.7 cm³/mol. The highest BCUT2D eigenvalue weighted by Crippen LogP contribution is 2.26. The molecule has 14 heavy (non-hydrogen) atoms. The van der Waals surface area contributed by atoms with Crippen LogP contribution in [0.1, 0.15) is 10.4 Å². The van der Waals surface area contributed by atoms with Crippen molar-refractivity contribution in [3.05, 3.63) is 28.0 Å². The summed E-state index contributed by atoms with van der Waals surface area (Å²) in [7, 11) is 0. The molecule has 6 heteroatoms. The minimum atomic E-state index is -1.82. The molecule has 0 aliphatic rings. The van der Waals surface area contributed by atoms with Crippen molar-refractivity contribution in [1.29, 1.82) is 0 Å². The molecule has 0 aliphatic heterocycles. The number of ketones is 1. The van der Waals surface area contributed by atoms with E-state index in [0.717, 1.165) is 6.07 Å². The summed E-state index contributed by atoms with van der Waals surface area (Å²) in [6.07, 6.45) is 0. The van der Waals surface area contributed by atoms with Gasteiger partial charge < -0.3 is 10.2 Å². The van der Waals surface area contributed by atoms with Gasteiger partial charge in [0.1, 0.15) is 11.3 Å². The van der Waals surface area contributed by atoms with Crippen LogP contribution in [0.15, 0.2) is 16.6 Å². The first kappa shape index (κ1) is 10.6. The molecule has 0 aliphatic carbocycles. The van der Waals surface area contributed by atoms with Crippen LogP contribution in [0, 0.1) is 5.82 Å². The summed E-state index contributed by atoms with van der Waals surface area (Å²) in [4.78, 5) is 21.2. The fraction of sp³-hybridized carbons (Fsp3) is 0. The molecule has 74 valence electrons. The van der Waals surface area contributed by atoms with Gasteiger partial charge in [0, 0.05) is 0 Å². The number of aromatic hydroxyl groups is 1. The van der Waals surface area contributed by atoms with Gasteiger partial charge >= 0.3 is 5.97 Å². The van der Waals surface area contributed by atoms with Gasteiger partial charge in [-0.3, -0.25) is 4.79 Å². The lowest BCUT2D eigenvalue weighted by molar-refractivity contribution is -0.131. The van der Waals surface area contributed by atoms with E-state index < -0.39 is 28.9 Å². The van der Waals surface area contributed by atoms with E-state index in [1.54, 1.807) is 0 Å². The van der Waals surface area contributed by atoms with Crippen LogP contribution in [-0.4, -0.2) is 22.0 Å². The van der Waals surface area contributed by atoms with Crippen LogP contribution < -0.4 is 0 Å². The summed E-state index contributed by atoms with van der Waals surface area (Å²) in [6.45, 7) is 0. The molecule has 0 spiro atoms. The molecule has 0 amide bonds. The smallest absolute Gasteiger partial charge is 0.377 e. The lowest BCUT2D eigenvalue weighted by Crippen LogP contribution is -2.14. The molecule has 2 N–H and O–H groups in total. The third kappa shape index (κ3) is 1.74. The number of rotatable bonds is 2. The number of carbonyl (C=O) groups is 2. The van der Waals surface area contributed by atoms with Crippen LogP contribution in [0.2, 0.25) is 0 Å². The molecule has 0 heterocycles. The second kappa shape index (κ2) is 3.75. The summed E-state index contributed by atoms with van der Waals surface area (Å²) in [6, 6.07) is 2.20. The zero-order chi connectivity index (χ0) is 10.9. The number of phenols is 1. The average molecular weight is 263 g/mol. The number of Topliss-reactive ketones (excluding diaryl/α,β-unsaturated/α-hetero) is 1. The fourth-order valence-electron chi connectivity index (χ4n) is 0.863. The SMILES string of the molecule is O=C(O)C(=O)c1c(O)ccc(Br)c1F. The van der Waals surface area contributed by atoms with Crippen LogP contribution in [0.5, 0.6) is 5.75 Å². The first-order valence-corrected chi connectivity index (χ1v) is 4.19. The number of carboxylic acids is 1. The number of aliphatic carboxylic acids is 1. The van der Waals surface area contributed by atoms with E-state index in [2.05, 4.69) is 15.9 Å². The van der Waals surface area contributed by atoms with Gasteiger partial charge in [0.2, 0.25) is 0 Å². The number of halogens is 2. The fourth-order valence-corrected chi connectivity index (χ4v) is 1.19. The molecule has 1 rings (SSSR count). The number of carboxylic acid groups (broad SMARTS) is 1. The average Bonchev–Trinajstić information content (AvgIpc) is 2.12. The normalized spacial score (nSPS) is 9.86. The Morgan fingerprint density at radius 1 is 1.36 bits per heavy atom. The molecule has 0 saturated carbocycles. The van der Waals surface area contributed by atoms with E-state index in [0.29, 0.717) is 0 Å². The van der Waals surface area contributed by atoms with E-state index in [9.17, 15) is 14.0 Å². The second-order valence-corrected chi connectivity index (χ2v) is 3.24. The second-order valence-electron chi connectivity index (χ2n) is 2.39. The zero-order valence-corrected chi connectivity index (χ0v) is 8.21. The largest absolute Gasteiger partial charge is 0.507 e. The van der Waals surface area contributed by atoms with Crippen molar-refractivity contribution in [2.24, 2.45) is 0 Å². The van der Waals surface area contributed by atoms with Crippen molar-refractivity contribution in [2.75, 3.05) is 0 Å². The molecule has 0 fully saturated rings. The third-order valence-electron chi connectivity index (χ3n) is 1.49. The van der Waals surface area contributed by atoms with Crippen LogP contribution >= 0.6 is 15.9 Å².